The quantitative estimate of drug-likeness (QED) is 0.666. The molecule has 0 aromatic heterocycles. The molecule has 0 spiro atoms. The van der Waals surface area contributed by atoms with Crippen molar-refractivity contribution in [1.29, 1.82) is 0 Å². The number of phenolic OH excluding ortho intramolecular Hbond substituents is 1. The Hall–Kier alpha value is -0.980. The maximum Gasteiger partial charge on any atom is 0.119 e. The molecule has 0 saturated heterocycles. The molecular formula is C13H18O. The molecule has 1 aromatic rings. The zero-order chi connectivity index (χ0) is 10.3. The number of rotatable bonds is 0. The van der Waals surface area contributed by atoms with Gasteiger partial charge in [0, 0.05) is 0 Å². The Morgan fingerprint density at radius 1 is 1.21 bits per heavy atom. The normalized spacial score (nSPS) is 20.9. The fraction of sp³-hybridized carbons (Fsp3) is 0.538. The number of benzene rings is 1. The van der Waals surface area contributed by atoms with Gasteiger partial charge in [-0.05, 0) is 41.4 Å². The number of aromatic hydroxyl groups is 1. The molecule has 1 heteroatoms. The molecule has 1 nitrogen and oxygen atoms in total. The average molecular weight is 190 g/mol. The molecule has 1 aromatic carbocycles. The van der Waals surface area contributed by atoms with Crippen molar-refractivity contribution in [3.8, 4) is 5.75 Å². The summed E-state index contributed by atoms with van der Waals surface area (Å²) in [5.41, 5.74) is 2.85. The molecule has 0 aliphatic heterocycles. The molecule has 0 bridgehead atoms. The van der Waals surface area contributed by atoms with Crippen LogP contribution in [0.5, 0.6) is 5.75 Å². The summed E-state index contributed by atoms with van der Waals surface area (Å²) in [5, 5.41) is 9.71. The first-order valence-corrected chi connectivity index (χ1v) is 5.28. The van der Waals surface area contributed by atoms with Crippen molar-refractivity contribution in [2.45, 2.75) is 33.6 Å². The highest BCUT2D eigenvalue weighted by Gasteiger charge is 2.32. The molecule has 14 heavy (non-hydrogen) atoms. The third-order valence-corrected chi connectivity index (χ3v) is 3.39. The van der Waals surface area contributed by atoms with E-state index in [4.69, 9.17) is 0 Å². The summed E-state index contributed by atoms with van der Waals surface area (Å²) >= 11 is 0. The maximum atomic E-state index is 9.71. The highest BCUT2D eigenvalue weighted by atomic mass is 16.3. The second-order valence-corrected chi connectivity index (χ2v) is 5.39. The lowest BCUT2D eigenvalue weighted by molar-refractivity contribution is 0.250. The van der Waals surface area contributed by atoms with E-state index in [0.717, 1.165) is 12.8 Å². The van der Waals surface area contributed by atoms with Crippen LogP contribution in [-0.4, -0.2) is 5.11 Å². The van der Waals surface area contributed by atoms with Gasteiger partial charge in [-0.25, -0.2) is 0 Å². The molecule has 0 heterocycles. The highest BCUT2D eigenvalue weighted by molar-refractivity contribution is 5.43. The molecule has 0 amide bonds. The molecule has 1 unspecified atom stereocenters. The summed E-state index contributed by atoms with van der Waals surface area (Å²) in [6.45, 7) is 6.84. The minimum absolute atomic E-state index is 0.339. The Labute approximate surface area is 85.8 Å². The Morgan fingerprint density at radius 3 is 2.50 bits per heavy atom. The van der Waals surface area contributed by atoms with Crippen molar-refractivity contribution in [3.63, 3.8) is 0 Å². The first-order chi connectivity index (χ1) is 6.48. The van der Waals surface area contributed by atoms with Crippen LogP contribution in [0.1, 0.15) is 31.9 Å². The molecule has 2 rings (SSSR count). The number of phenols is 1. The predicted molar refractivity (Wildman–Crippen MR) is 58.5 cm³/mol. The first kappa shape index (κ1) is 9.57. The van der Waals surface area contributed by atoms with Crippen molar-refractivity contribution in [2.24, 2.45) is 11.3 Å². The van der Waals surface area contributed by atoms with Gasteiger partial charge in [0.05, 0.1) is 0 Å². The van der Waals surface area contributed by atoms with Crippen LogP contribution in [0.15, 0.2) is 18.2 Å². The third kappa shape index (κ3) is 1.52. The average Bonchev–Trinajstić information content (AvgIpc) is 2.48. The summed E-state index contributed by atoms with van der Waals surface area (Å²) in [4.78, 5) is 0. The lowest BCUT2D eigenvalue weighted by atomic mass is 9.79. The van der Waals surface area contributed by atoms with Crippen molar-refractivity contribution in [1.82, 2.24) is 0 Å². The van der Waals surface area contributed by atoms with Gasteiger partial charge >= 0.3 is 0 Å². The van der Waals surface area contributed by atoms with E-state index in [9.17, 15) is 5.11 Å². The van der Waals surface area contributed by atoms with Crippen LogP contribution in [0.3, 0.4) is 0 Å². The van der Waals surface area contributed by atoms with Crippen LogP contribution in [0.25, 0.3) is 0 Å². The second-order valence-electron chi connectivity index (χ2n) is 5.39. The van der Waals surface area contributed by atoms with Crippen molar-refractivity contribution < 1.29 is 5.11 Å². The summed E-state index contributed by atoms with van der Waals surface area (Å²) < 4.78 is 0. The Bertz CT molecular complexity index is 347. The molecule has 1 aliphatic carbocycles. The zero-order valence-corrected chi connectivity index (χ0v) is 9.17. The van der Waals surface area contributed by atoms with E-state index in [1.807, 2.05) is 6.07 Å². The minimum Gasteiger partial charge on any atom is -0.508 e. The van der Waals surface area contributed by atoms with Gasteiger partial charge in [0.1, 0.15) is 5.75 Å². The lowest BCUT2D eigenvalue weighted by Crippen LogP contribution is -2.20. The van der Waals surface area contributed by atoms with Gasteiger partial charge < -0.3 is 5.11 Å². The highest BCUT2D eigenvalue weighted by Crippen LogP contribution is 2.41. The lowest BCUT2D eigenvalue weighted by Gasteiger charge is -2.26. The molecule has 0 radical (unpaired) electrons. The van der Waals surface area contributed by atoms with Gasteiger partial charge in [-0.3, -0.25) is 0 Å². The third-order valence-electron chi connectivity index (χ3n) is 3.39. The topological polar surface area (TPSA) is 20.2 Å². The molecule has 1 atom stereocenters. The van der Waals surface area contributed by atoms with Crippen molar-refractivity contribution >= 4 is 0 Å². The zero-order valence-electron chi connectivity index (χ0n) is 9.17. The van der Waals surface area contributed by atoms with Crippen LogP contribution in [-0.2, 0) is 12.8 Å². The minimum atomic E-state index is 0.339. The van der Waals surface area contributed by atoms with Crippen LogP contribution >= 0.6 is 0 Å². The summed E-state index contributed by atoms with van der Waals surface area (Å²) in [5.74, 6) is 1.15. The van der Waals surface area contributed by atoms with E-state index in [-0.39, 0.29) is 0 Å². The second kappa shape index (κ2) is 3.01. The van der Waals surface area contributed by atoms with E-state index >= 15 is 0 Å². The largest absolute Gasteiger partial charge is 0.508 e. The van der Waals surface area contributed by atoms with Crippen LogP contribution in [0.4, 0.5) is 0 Å². The van der Waals surface area contributed by atoms with Gasteiger partial charge in [0.2, 0.25) is 0 Å². The molecule has 0 saturated carbocycles. The van der Waals surface area contributed by atoms with E-state index in [2.05, 4.69) is 26.8 Å². The molecule has 0 fully saturated rings. The van der Waals surface area contributed by atoms with E-state index in [1.54, 1.807) is 6.07 Å². The molecule has 1 aliphatic rings. The van der Waals surface area contributed by atoms with Gasteiger partial charge in [-0.1, -0.05) is 32.9 Å². The SMILES string of the molecule is CC(C)(C)C1Cc2cccc(O)c2C1. The predicted octanol–water partition coefficient (Wildman–Crippen LogP) is 3.15. The van der Waals surface area contributed by atoms with Crippen LogP contribution in [0.2, 0.25) is 0 Å². The van der Waals surface area contributed by atoms with E-state index < -0.39 is 0 Å². The van der Waals surface area contributed by atoms with Gasteiger partial charge in [0.15, 0.2) is 0 Å². The molecule has 76 valence electrons. The summed E-state index contributed by atoms with van der Waals surface area (Å²) in [6, 6.07) is 5.88. The monoisotopic (exact) mass is 190 g/mol. The van der Waals surface area contributed by atoms with E-state index in [1.165, 1.54) is 11.1 Å². The van der Waals surface area contributed by atoms with E-state index in [0.29, 0.717) is 17.1 Å². The van der Waals surface area contributed by atoms with Crippen molar-refractivity contribution in [2.75, 3.05) is 0 Å². The maximum absolute atomic E-state index is 9.71. The summed E-state index contributed by atoms with van der Waals surface area (Å²) in [6.07, 6.45) is 2.15. The number of fused-ring (bicyclic) bond motifs is 1. The molecule has 1 N–H and O–H groups in total. The van der Waals surface area contributed by atoms with Crippen LogP contribution in [0, 0.1) is 11.3 Å². The Kier molecular flexibility index (Phi) is 2.06. The van der Waals surface area contributed by atoms with Gasteiger partial charge in [-0.2, -0.15) is 0 Å². The Morgan fingerprint density at radius 2 is 1.93 bits per heavy atom. The van der Waals surface area contributed by atoms with Gasteiger partial charge in [-0.15, -0.1) is 0 Å². The van der Waals surface area contributed by atoms with Gasteiger partial charge in [0.25, 0.3) is 0 Å². The smallest absolute Gasteiger partial charge is 0.119 e. The summed E-state index contributed by atoms with van der Waals surface area (Å²) in [7, 11) is 0. The van der Waals surface area contributed by atoms with Crippen LogP contribution < -0.4 is 0 Å². The Balaban J connectivity index is 2.31. The fourth-order valence-corrected chi connectivity index (χ4v) is 2.24. The first-order valence-electron chi connectivity index (χ1n) is 5.28. The molecular weight excluding hydrogens is 172 g/mol. The standard InChI is InChI=1S/C13H18O/c1-13(2,3)10-7-9-5-4-6-12(14)11(9)8-10/h4-6,10,14H,7-8H2,1-3H3. The fourth-order valence-electron chi connectivity index (χ4n) is 2.24. The number of hydrogen-bond donors (Lipinski definition) is 1. The van der Waals surface area contributed by atoms with Crippen molar-refractivity contribution in [3.05, 3.63) is 29.3 Å². The number of hydrogen-bond acceptors (Lipinski definition) is 1.